The molecule has 3 unspecified atom stereocenters. The molecule has 23 heavy (non-hydrogen) atoms. The maximum Gasteiger partial charge on any atom is 0.410 e. The Kier molecular flexibility index (Phi) is 7.77. The van der Waals surface area contributed by atoms with Gasteiger partial charge in [-0.1, -0.05) is 0 Å². The minimum Gasteiger partial charge on any atom is -0.444 e. The summed E-state index contributed by atoms with van der Waals surface area (Å²) in [7, 11) is 2.16. The molecule has 3 atom stereocenters. The average Bonchev–Trinajstić information content (AvgIpc) is 2.39. The SMILES string of the molecule is CC(O)CN(CCNC1CCN(C)C(C)C1)C(=O)OC(C)(C)C. The smallest absolute Gasteiger partial charge is 0.410 e. The minimum atomic E-state index is -0.564. The fourth-order valence-corrected chi connectivity index (χ4v) is 2.78. The molecule has 1 rings (SSSR count). The van der Waals surface area contributed by atoms with Crippen LogP contribution in [0.3, 0.4) is 0 Å². The number of hydrogen-bond acceptors (Lipinski definition) is 5. The van der Waals surface area contributed by atoms with Gasteiger partial charge in [0, 0.05) is 31.7 Å². The molecule has 1 heterocycles. The second kappa shape index (κ2) is 8.85. The van der Waals surface area contributed by atoms with Crippen molar-refractivity contribution in [1.82, 2.24) is 15.1 Å². The summed E-state index contributed by atoms with van der Waals surface area (Å²) in [5.41, 5.74) is -0.523. The maximum absolute atomic E-state index is 12.2. The van der Waals surface area contributed by atoms with E-state index in [-0.39, 0.29) is 6.09 Å². The molecule has 0 aliphatic carbocycles. The van der Waals surface area contributed by atoms with Crippen LogP contribution >= 0.6 is 0 Å². The summed E-state index contributed by atoms with van der Waals surface area (Å²) in [4.78, 5) is 16.2. The molecule has 0 aromatic heterocycles. The highest BCUT2D eigenvalue weighted by molar-refractivity contribution is 5.68. The molecule has 0 spiro atoms. The molecule has 1 saturated heterocycles. The molecule has 6 heteroatoms. The molecule has 0 aromatic carbocycles. The number of carbonyl (C=O) groups is 1. The van der Waals surface area contributed by atoms with Crippen LogP contribution in [0.4, 0.5) is 4.79 Å². The number of ether oxygens (including phenoxy) is 1. The largest absolute Gasteiger partial charge is 0.444 e. The number of nitrogens with one attached hydrogen (secondary N) is 1. The number of aliphatic hydroxyl groups excluding tert-OH is 1. The number of nitrogens with zero attached hydrogens (tertiary/aromatic N) is 2. The molecule has 0 radical (unpaired) electrons. The third kappa shape index (κ3) is 7.99. The van der Waals surface area contributed by atoms with Gasteiger partial charge in [0.25, 0.3) is 0 Å². The van der Waals surface area contributed by atoms with E-state index in [0.29, 0.717) is 31.7 Å². The molecule has 0 saturated carbocycles. The van der Waals surface area contributed by atoms with E-state index in [2.05, 4.69) is 24.2 Å². The molecular weight excluding hydrogens is 294 g/mol. The van der Waals surface area contributed by atoms with Crippen molar-refractivity contribution in [3.05, 3.63) is 0 Å². The first-order valence-corrected chi connectivity index (χ1v) is 8.68. The molecule has 136 valence electrons. The van der Waals surface area contributed by atoms with Gasteiger partial charge in [0.15, 0.2) is 0 Å². The minimum absolute atomic E-state index is 0.292. The van der Waals surface area contributed by atoms with E-state index >= 15 is 0 Å². The number of aliphatic hydroxyl groups is 1. The Balaban J connectivity index is 2.43. The van der Waals surface area contributed by atoms with E-state index in [1.807, 2.05) is 20.8 Å². The lowest BCUT2D eigenvalue weighted by molar-refractivity contribution is 0.0161. The summed E-state index contributed by atoms with van der Waals surface area (Å²) < 4.78 is 5.42. The first-order valence-electron chi connectivity index (χ1n) is 8.68. The van der Waals surface area contributed by atoms with Crippen molar-refractivity contribution in [2.75, 3.05) is 33.2 Å². The van der Waals surface area contributed by atoms with Crippen LogP contribution in [0.2, 0.25) is 0 Å². The van der Waals surface area contributed by atoms with Crippen LogP contribution in [-0.2, 0) is 4.74 Å². The number of likely N-dealkylation sites (tertiary alicyclic amines) is 1. The zero-order chi connectivity index (χ0) is 17.6. The second-order valence-electron chi connectivity index (χ2n) is 7.78. The van der Waals surface area contributed by atoms with E-state index in [9.17, 15) is 9.90 Å². The lowest BCUT2D eigenvalue weighted by atomic mass is 9.99. The Labute approximate surface area is 141 Å². The summed E-state index contributed by atoms with van der Waals surface area (Å²) in [6.45, 7) is 12.1. The molecule has 2 N–H and O–H groups in total. The number of rotatable bonds is 6. The molecule has 0 aromatic rings. The van der Waals surface area contributed by atoms with Gasteiger partial charge in [-0.3, -0.25) is 0 Å². The van der Waals surface area contributed by atoms with Crippen molar-refractivity contribution in [3.8, 4) is 0 Å². The topological polar surface area (TPSA) is 65.0 Å². The number of piperidine rings is 1. The lowest BCUT2D eigenvalue weighted by Crippen LogP contribution is -2.48. The van der Waals surface area contributed by atoms with E-state index in [1.54, 1.807) is 11.8 Å². The van der Waals surface area contributed by atoms with Crippen LogP contribution in [0.15, 0.2) is 0 Å². The molecule has 1 aliphatic rings. The molecule has 1 amide bonds. The molecule has 6 nitrogen and oxygen atoms in total. The van der Waals surface area contributed by atoms with Crippen LogP contribution in [0.1, 0.15) is 47.5 Å². The summed E-state index contributed by atoms with van der Waals surface area (Å²) in [6.07, 6.45) is 1.33. The van der Waals surface area contributed by atoms with E-state index in [4.69, 9.17) is 4.74 Å². The van der Waals surface area contributed by atoms with Crippen LogP contribution < -0.4 is 5.32 Å². The number of carbonyl (C=O) groups excluding carboxylic acids is 1. The summed E-state index contributed by atoms with van der Waals surface area (Å²) in [6, 6.07) is 1.08. The normalized spacial score (nSPS) is 24.3. The van der Waals surface area contributed by atoms with Gasteiger partial charge in [0.05, 0.1) is 6.10 Å². The van der Waals surface area contributed by atoms with Crippen LogP contribution in [0.5, 0.6) is 0 Å². The number of amides is 1. The van der Waals surface area contributed by atoms with Crippen molar-refractivity contribution < 1.29 is 14.6 Å². The van der Waals surface area contributed by atoms with Crippen LogP contribution in [-0.4, -0.2) is 78.0 Å². The Morgan fingerprint density at radius 2 is 2.13 bits per heavy atom. The van der Waals surface area contributed by atoms with Crippen molar-refractivity contribution in [3.63, 3.8) is 0 Å². The maximum atomic E-state index is 12.2. The quantitative estimate of drug-likeness (QED) is 0.776. The van der Waals surface area contributed by atoms with Crippen molar-refractivity contribution in [2.24, 2.45) is 0 Å². The highest BCUT2D eigenvalue weighted by Crippen LogP contribution is 2.15. The van der Waals surface area contributed by atoms with Crippen molar-refractivity contribution in [2.45, 2.75) is 71.2 Å². The third-order valence-electron chi connectivity index (χ3n) is 4.16. The molecule has 1 aliphatic heterocycles. The summed E-state index contributed by atoms with van der Waals surface area (Å²) in [5.74, 6) is 0. The highest BCUT2D eigenvalue weighted by Gasteiger charge is 2.25. The lowest BCUT2D eigenvalue weighted by Gasteiger charge is -2.36. The van der Waals surface area contributed by atoms with Crippen molar-refractivity contribution in [1.29, 1.82) is 0 Å². The third-order valence-corrected chi connectivity index (χ3v) is 4.16. The molecule has 0 bridgehead atoms. The highest BCUT2D eigenvalue weighted by atomic mass is 16.6. The van der Waals surface area contributed by atoms with E-state index in [0.717, 1.165) is 19.4 Å². The molecular formula is C17H35N3O3. The summed E-state index contributed by atoms with van der Waals surface area (Å²) in [5, 5.41) is 13.1. The summed E-state index contributed by atoms with van der Waals surface area (Å²) >= 11 is 0. The van der Waals surface area contributed by atoms with Crippen LogP contribution in [0, 0.1) is 0 Å². The van der Waals surface area contributed by atoms with Gasteiger partial charge >= 0.3 is 6.09 Å². The predicted molar refractivity (Wildman–Crippen MR) is 92.6 cm³/mol. The van der Waals surface area contributed by atoms with Gasteiger partial charge in [-0.25, -0.2) is 4.79 Å². The Hall–Kier alpha value is -0.850. The zero-order valence-corrected chi connectivity index (χ0v) is 15.6. The fourth-order valence-electron chi connectivity index (χ4n) is 2.78. The Bertz CT molecular complexity index is 369. The van der Waals surface area contributed by atoms with Crippen LogP contribution in [0.25, 0.3) is 0 Å². The first kappa shape index (κ1) is 20.2. The average molecular weight is 329 g/mol. The van der Waals surface area contributed by atoms with Gasteiger partial charge in [-0.2, -0.15) is 0 Å². The van der Waals surface area contributed by atoms with Gasteiger partial charge in [0.2, 0.25) is 0 Å². The second-order valence-corrected chi connectivity index (χ2v) is 7.78. The standard InChI is InChI=1S/C17H35N3O3/c1-13-11-15(7-9-19(13)6)18-8-10-20(12-14(2)21)16(22)23-17(3,4)5/h13-15,18,21H,7-12H2,1-6H3. The van der Waals surface area contributed by atoms with Gasteiger partial charge < -0.3 is 25.0 Å². The van der Waals surface area contributed by atoms with E-state index in [1.165, 1.54) is 0 Å². The van der Waals surface area contributed by atoms with Gasteiger partial charge in [-0.15, -0.1) is 0 Å². The first-order chi connectivity index (χ1) is 10.6. The Morgan fingerprint density at radius 1 is 1.48 bits per heavy atom. The van der Waals surface area contributed by atoms with Gasteiger partial charge in [-0.05, 0) is 61.1 Å². The Morgan fingerprint density at radius 3 is 2.65 bits per heavy atom. The monoisotopic (exact) mass is 329 g/mol. The van der Waals surface area contributed by atoms with Gasteiger partial charge in [0.1, 0.15) is 5.60 Å². The molecule has 1 fully saturated rings. The van der Waals surface area contributed by atoms with Crippen molar-refractivity contribution >= 4 is 6.09 Å². The number of hydrogen-bond donors (Lipinski definition) is 2. The fraction of sp³-hybridized carbons (Fsp3) is 0.941. The van der Waals surface area contributed by atoms with E-state index < -0.39 is 11.7 Å². The predicted octanol–water partition coefficient (Wildman–Crippen LogP) is 1.68. The zero-order valence-electron chi connectivity index (χ0n) is 15.6.